The number of amides is 1. The molecule has 0 aliphatic carbocycles. The van der Waals surface area contributed by atoms with Gasteiger partial charge in [0.1, 0.15) is 12.3 Å². The highest BCUT2D eigenvalue weighted by Gasteiger charge is 2.28. The molecule has 1 atom stereocenters. The summed E-state index contributed by atoms with van der Waals surface area (Å²) in [4.78, 5) is 12.9. The van der Waals surface area contributed by atoms with Gasteiger partial charge < -0.3 is 19.5 Å². The zero-order chi connectivity index (χ0) is 26.1. The van der Waals surface area contributed by atoms with Crippen LogP contribution in [-0.2, 0) is 14.8 Å². The highest BCUT2D eigenvalue weighted by molar-refractivity contribution is 7.92. The maximum atomic E-state index is 13.7. The van der Waals surface area contributed by atoms with Crippen LogP contribution in [-0.4, -0.2) is 48.2 Å². The molecule has 3 rings (SSSR count). The second kappa shape index (κ2) is 12.3. The molecule has 0 aliphatic rings. The lowest BCUT2D eigenvalue weighted by atomic mass is 10.0. The summed E-state index contributed by atoms with van der Waals surface area (Å²) in [5.74, 6) is 0.918. The molecule has 0 unspecified atom stereocenters. The van der Waals surface area contributed by atoms with E-state index in [1.807, 2.05) is 44.2 Å². The van der Waals surface area contributed by atoms with E-state index >= 15 is 0 Å². The van der Waals surface area contributed by atoms with Crippen LogP contribution in [0.2, 0.25) is 0 Å². The second-order valence-electron chi connectivity index (χ2n) is 8.07. The standard InChI is InChI=1S/C27H32N2O6S/c1-5-35-23-13-11-22(12-14-23)29(19-27(30)28-18-20(2)21-9-7-6-8-10-21)36(31,32)24-15-16-25(33-3)26(17-24)34-4/h6-17,20H,5,18-19H2,1-4H3,(H,28,30)/t20-/m0/s1. The van der Waals surface area contributed by atoms with E-state index in [4.69, 9.17) is 14.2 Å². The van der Waals surface area contributed by atoms with Gasteiger partial charge in [0.25, 0.3) is 10.0 Å². The molecule has 0 spiro atoms. The van der Waals surface area contributed by atoms with Crippen LogP contribution in [0.4, 0.5) is 5.69 Å². The molecule has 9 heteroatoms. The van der Waals surface area contributed by atoms with Crippen LogP contribution < -0.4 is 23.8 Å². The molecule has 0 aliphatic heterocycles. The van der Waals surface area contributed by atoms with E-state index in [0.29, 0.717) is 30.3 Å². The van der Waals surface area contributed by atoms with Gasteiger partial charge in [-0.05, 0) is 54.8 Å². The van der Waals surface area contributed by atoms with E-state index in [-0.39, 0.29) is 16.6 Å². The van der Waals surface area contributed by atoms with Crippen molar-refractivity contribution in [3.8, 4) is 17.2 Å². The van der Waals surface area contributed by atoms with E-state index in [9.17, 15) is 13.2 Å². The number of ether oxygens (including phenoxy) is 3. The van der Waals surface area contributed by atoms with Crippen molar-refractivity contribution in [3.63, 3.8) is 0 Å². The summed E-state index contributed by atoms with van der Waals surface area (Å²) in [6.45, 7) is 4.32. The number of rotatable bonds is 12. The molecular weight excluding hydrogens is 480 g/mol. The average Bonchev–Trinajstić information content (AvgIpc) is 2.91. The molecule has 0 aromatic heterocycles. The van der Waals surface area contributed by atoms with Crippen molar-refractivity contribution in [2.24, 2.45) is 0 Å². The van der Waals surface area contributed by atoms with Gasteiger partial charge in [-0.1, -0.05) is 37.3 Å². The molecular formula is C27H32N2O6S. The van der Waals surface area contributed by atoms with Crippen LogP contribution in [0.5, 0.6) is 17.2 Å². The lowest BCUT2D eigenvalue weighted by molar-refractivity contribution is -0.119. The zero-order valence-corrected chi connectivity index (χ0v) is 21.7. The third-order valence-electron chi connectivity index (χ3n) is 5.64. The number of nitrogens with zero attached hydrogens (tertiary/aromatic N) is 1. The third-order valence-corrected chi connectivity index (χ3v) is 7.41. The molecule has 0 fully saturated rings. The summed E-state index contributed by atoms with van der Waals surface area (Å²) in [5.41, 5.74) is 1.42. The Kier molecular flexibility index (Phi) is 9.19. The minimum absolute atomic E-state index is 0.0283. The number of sulfonamides is 1. The Morgan fingerprint density at radius 1 is 0.944 bits per heavy atom. The van der Waals surface area contributed by atoms with Gasteiger partial charge in [-0.25, -0.2) is 8.42 Å². The molecule has 0 heterocycles. The molecule has 0 bridgehead atoms. The highest BCUT2D eigenvalue weighted by atomic mass is 32.2. The molecule has 8 nitrogen and oxygen atoms in total. The maximum absolute atomic E-state index is 13.7. The second-order valence-corrected chi connectivity index (χ2v) is 9.93. The number of hydrogen-bond donors (Lipinski definition) is 1. The van der Waals surface area contributed by atoms with E-state index in [1.165, 1.54) is 32.4 Å². The third kappa shape index (κ3) is 6.48. The summed E-state index contributed by atoms with van der Waals surface area (Å²) in [5, 5.41) is 2.86. The largest absolute Gasteiger partial charge is 0.494 e. The number of anilines is 1. The Labute approximate surface area is 212 Å². The number of carbonyl (C=O) groups is 1. The molecule has 0 saturated carbocycles. The minimum Gasteiger partial charge on any atom is -0.494 e. The van der Waals surface area contributed by atoms with Gasteiger partial charge in [-0.3, -0.25) is 9.10 Å². The van der Waals surface area contributed by atoms with Gasteiger partial charge in [0, 0.05) is 12.6 Å². The lowest BCUT2D eigenvalue weighted by Crippen LogP contribution is -2.41. The highest BCUT2D eigenvalue weighted by Crippen LogP contribution is 2.32. The van der Waals surface area contributed by atoms with Crippen LogP contribution in [0.1, 0.15) is 25.3 Å². The van der Waals surface area contributed by atoms with E-state index in [2.05, 4.69) is 5.32 Å². The molecule has 3 aromatic rings. The van der Waals surface area contributed by atoms with Gasteiger partial charge in [-0.2, -0.15) is 0 Å². The first-order chi connectivity index (χ1) is 17.3. The molecule has 1 amide bonds. The quantitative estimate of drug-likeness (QED) is 0.391. The first-order valence-corrected chi connectivity index (χ1v) is 13.0. The average molecular weight is 513 g/mol. The summed E-state index contributed by atoms with van der Waals surface area (Å²) < 4.78 is 44.5. The maximum Gasteiger partial charge on any atom is 0.264 e. The van der Waals surface area contributed by atoms with Crippen molar-refractivity contribution in [3.05, 3.63) is 78.4 Å². The van der Waals surface area contributed by atoms with Crippen molar-refractivity contribution in [1.29, 1.82) is 0 Å². The van der Waals surface area contributed by atoms with Gasteiger partial charge in [0.15, 0.2) is 11.5 Å². The summed E-state index contributed by atoms with van der Waals surface area (Å²) in [6, 6.07) is 20.7. The minimum atomic E-state index is -4.13. The predicted octanol–water partition coefficient (Wildman–Crippen LogP) is 4.22. The monoisotopic (exact) mass is 512 g/mol. The number of hydrogen-bond acceptors (Lipinski definition) is 6. The number of methoxy groups -OCH3 is 2. The molecule has 0 saturated heterocycles. The summed E-state index contributed by atoms with van der Waals surface area (Å²) >= 11 is 0. The molecule has 36 heavy (non-hydrogen) atoms. The zero-order valence-electron chi connectivity index (χ0n) is 20.9. The van der Waals surface area contributed by atoms with E-state index in [1.54, 1.807) is 24.3 Å². The molecule has 1 N–H and O–H groups in total. The smallest absolute Gasteiger partial charge is 0.264 e. The van der Waals surface area contributed by atoms with Crippen molar-refractivity contribution in [2.45, 2.75) is 24.7 Å². The fourth-order valence-corrected chi connectivity index (χ4v) is 5.08. The fourth-order valence-electron chi connectivity index (χ4n) is 3.65. The van der Waals surface area contributed by atoms with Crippen LogP contribution in [0.15, 0.2) is 77.7 Å². The van der Waals surface area contributed by atoms with Crippen LogP contribution >= 0.6 is 0 Å². The SMILES string of the molecule is CCOc1ccc(N(CC(=O)NC[C@H](C)c2ccccc2)S(=O)(=O)c2ccc(OC)c(OC)c2)cc1. The molecule has 3 aromatic carbocycles. The van der Waals surface area contributed by atoms with E-state index < -0.39 is 22.5 Å². The van der Waals surface area contributed by atoms with Gasteiger partial charge in [-0.15, -0.1) is 0 Å². The van der Waals surface area contributed by atoms with E-state index in [0.717, 1.165) is 9.87 Å². The van der Waals surface area contributed by atoms with Crippen molar-refractivity contribution in [2.75, 3.05) is 38.2 Å². The van der Waals surface area contributed by atoms with Gasteiger partial charge in [0.05, 0.1) is 31.4 Å². The number of benzene rings is 3. The number of carbonyl (C=O) groups excluding carboxylic acids is 1. The Morgan fingerprint density at radius 2 is 1.61 bits per heavy atom. The Balaban J connectivity index is 1.88. The number of nitrogens with one attached hydrogen (secondary N) is 1. The van der Waals surface area contributed by atoms with Crippen LogP contribution in [0, 0.1) is 0 Å². The lowest BCUT2D eigenvalue weighted by Gasteiger charge is -2.25. The first kappa shape index (κ1) is 26.9. The topological polar surface area (TPSA) is 94.2 Å². The van der Waals surface area contributed by atoms with Gasteiger partial charge >= 0.3 is 0 Å². The predicted molar refractivity (Wildman–Crippen MR) is 140 cm³/mol. The summed E-state index contributed by atoms with van der Waals surface area (Å²) in [7, 11) is -1.22. The van der Waals surface area contributed by atoms with Gasteiger partial charge in [0.2, 0.25) is 5.91 Å². The normalized spacial score (nSPS) is 11.9. The fraction of sp³-hybridized carbons (Fsp3) is 0.296. The summed E-state index contributed by atoms with van der Waals surface area (Å²) in [6.07, 6.45) is 0. The van der Waals surface area contributed by atoms with Crippen molar-refractivity contribution >= 4 is 21.6 Å². The Bertz CT molecular complexity index is 1250. The van der Waals surface area contributed by atoms with Crippen molar-refractivity contribution < 1.29 is 27.4 Å². The molecule has 0 radical (unpaired) electrons. The molecule has 192 valence electrons. The van der Waals surface area contributed by atoms with Crippen molar-refractivity contribution in [1.82, 2.24) is 5.32 Å². The first-order valence-electron chi connectivity index (χ1n) is 11.6. The Morgan fingerprint density at radius 3 is 2.22 bits per heavy atom. The van der Waals surface area contributed by atoms with Crippen LogP contribution in [0.25, 0.3) is 0 Å². The van der Waals surface area contributed by atoms with Crippen LogP contribution in [0.3, 0.4) is 0 Å². The Hall–Kier alpha value is -3.72.